The van der Waals surface area contributed by atoms with E-state index < -0.39 is 5.97 Å². The van der Waals surface area contributed by atoms with Crippen LogP contribution in [0.4, 0.5) is 9.93 Å². The average Bonchev–Trinajstić information content (AvgIpc) is 2.68. The molecule has 1 heterocycles. The fourth-order valence-electron chi connectivity index (χ4n) is 1.14. The zero-order valence-electron chi connectivity index (χ0n) is 10.3. The highest BCUT2D eigenvalue weighted by atomic mass is 32.1. The molecule has 1 rings (SSSR count). The van der Waals surface area contributed by atoms with E-state index in [2.05, 4.69) is 22.2 Å². The third kappa shape index (κ3) is 3.85. The Hall–Kier alpha value is -1.89. The quantitative estimate of drug-likeness (QED) is 0.632. The van der Waals surface area contributed by atoms with Gasteiger partial charge in [0.25, 0.3) is 0 Å². The molecule has 0 atom stereocenters. The van der Waals surface area contributed by atoms with Crippen LogP contribution in [-0.2, 0) is 4.74 Å². The van der Waals surface area contributed by atoms with E-state index in [0.717, 1.165) is 11.3 Å². The number of amides is 2. The van der Waals surface area contributed by atoms with Gasteiger partial charge in [-0.15, -0.1) is 6.58 Å². The van der Waals surface area contributed by atoms with E-state index in [9.17, 15) is 9.59 Å². The van der Waals surface area contributed by atoms with Crippen LogP contribution in [-0.4, -0.2) is 30.1 Å². The first-order valence-corrected chi connectivity index (χ1v) is 6.20. The summed E-state index contributed by atoms with van der Waals surface area (Å²) in [4.78, 5) is 27.4. The molecule has 0 fully saturated rings. The summed E-state index contributed by atoms with van der Waals surface area (Å²) in [5, 5.41) is 5.44. The van der Waals surface area contributed by atoms with Crippen LogP contribution in [0.2, 0.25) is 0 Å². The molecule has 1 aromatic heterocycles. The van der Waals surface area contributed by atoms with Gasteiger partial charge in [-0.05, 0) is 13.8 Å². The van der Waals surface area contributed by atoms with Gasteiger partial charge >= 0.3 is 12.0 Å². The lowest BCUT2D eigenvalue weighted by molar-refractivity contribution is 0.0531. The monoisotopic (exact) mass is 269 g/mol. The second-order valence-electron chi connectivity index (χ2n) is 3.28. The van der Waals surface area contributed by atoms with E-state index in [0.29, 0.717) is 28.9 Å². The van der Waals surface area contributed by atoms with Crippen LogP contribution in [0, 0.1) is 6.92 Å². The summed E-state index contributed by atoms with van der Waals surface area (Å²) < 4.78 is 4.88. The second-order valence-corrected chi connectivity index (χ2v) is 4.28. The molecule has 18 heavy (non-hydrogen) atoms. The number of carbonyl (C=O) groups is 2. The van der Waals surface area contributed by atoms with E-state index in [-0.39, 0.29) is 6.03 Å². The molecule has 0 spiro atoms. The molecular formula is C11H15N3O3S. The normalized spacial score (nSPS) is 9.67. The van der Waals surface area contributed by atoms with Crippen molar-refractivity contribution >= 4 is 28.5 Å². The minimum Gasteiger partial charge on any atom is -0.462 e. The van der Waals surface area contributed by atoms with Crippen LogP contribution in [0.1, 0.15) is 22.3 Å². The zero-order valence-corrected chi connectivity index (χ0v) is 11.1. The number of rotatable bonds is 5. The zero-order chi connectivity index (χ0) is 13.5. The summed E-state index contributed by atoms with van der Waals surface area (Å²) in [6, 6.07) is -0.390. The number of esters is 1. The lowest BCUT2D eigenvalue weighted by atomic mass is 10.4. The van der Waals surface area contributed by atoms with Gasteiger partial charge in [0.2, 0.25) is 0 Å². The highest BCUT2D eigenvalue weighted by molar-refractivity contribution is 7.17. The van der Waals surface area contributed by atoms with Gasteiger partial charge in [-0.1, -0.05) is 17.4 Å². The SMILES string of the molecule is C=CCNC(=O)Nc1nc(C)c(C(=O)OCC)s1. The molecule has 7 heteroatoms. The molecule has 0 unspecified atom stereocenters. The Kier molecular flexibility index (Phi) is 5.31. The fraction of sp³-hybridized carbons (Fsp3) is 0.364. The molecule has 0 saturated carbocycles. The first-order valence-electron chi connectivity index (χ1n) is 5.38. The molecule has 98 valence electrons. The first kappa shape index (κ1) is 14.2. The predicted octanol–water partition coefficient (Wildman–Crippen LogP) is 1.94. The van der Waals surface area contributed by atoms with E-state index in [1.807, 2.05) is 0 Å². The Balaban J connectivity index is 2.69. The Labute approximate surface area is 109 Å². The molecule has 0 saturated heterocycles. The lowest BCUT2D eigenvalue weighted by Gasteiger charge is -2.01. The van der Waals surface area contributed by atoms with Crippen molar-refractivity contribution in [2.45, 2.75) is 13.8 Å². The molecule has 0 radical (unpaired) electrons. The predicted molar refractivity (Wildman–Crippen MR) is 70.0 cm³/mol. The highest BCUT2D eigenvalue weighted by Crippen LogP contribution is 2.23. The molecule has 2 N–H and O–H groups in total. The van der Waals surface area contributed by atoms with Crippen molar-refractivity contribution in [1.82, 2.24) is 10.3 Å². The van der Waals surface area contributed by atoms with Crippen molar-refractivity contribution in [2.75, 3.05) is 18.5 Å². The summed E-state index contributed by atoms with van der Waals surface area (Å²) >= 11 is 1.09. The Morgan fingerprint density at radius 3 is 2.89 bits per heavy atom. The molecule has 1 aromatic rings. The van der Waals surface area contributed by atoms with Crippen LogP contribution in [0.3, 0.4) is 0 Å². The van der Waals surface area contributed by atoms with Gasteiger partial charge in [-0.2, -0.15) is 0 Å². The maximum absolute atomic E-state index is 11.5. The minimum absolute atomic E-state index is 0.304. The van der Waals surface area contributed by atoms with Gasteiger partial charge in [0.1, 0.15) is 4.88 Å². The van der Waals surface area contributed by atoms with Crippen LogP contribution >= 0.6 is 11.3 Å². The molecule has 0 aromatic carbocycles. The number of carbonyl (C=O) groups excluding carboxylic acids is 2. The molecular weight excluding hydrogens is 254 g/mol. The highest BCUT2D eigenvalue weighted by Gasteiger charge is 2.17. The summed E-state index contributed by atoms with van der Waals surface area (Å²) in [6.07, 6.45) is 1.57. The van der Waals surface area contributed by atoms with Gasteiger partial charge < -0.3 is 10.1 Å². The van der Waals surface area contributed by atoms with Crippen molar-refractivity contribution in [2.24, 2.45) is 0 Å². The number of urea groups is 1. The molecule has 0 aliphatic heterocycles. The number of hydrogen-bond donors (Lipinski definition) is 2. The summed E-state index contributed by atoms with van der Waals surface area (Å²) in [5.74, 6) is -0.424. The number of anilines is 1. The van der Waals surface area contributed by atoms with Crippen molar-refractivity contribution in [3.05, 3.63) is 23.2 Å². The van der Waals surface area contributed by atoms with Crippen LogP contribution in [0.15, 0.2) is 12.7 Å². The molecule has 6 nitrogen and oxygen atoms in total. The maximum atomic E-state index is 11.5. The first-order chi connectivity index (χ1) is 8.58. The smallest absolute Gasteiger partial charge is 0.350 e. The topological polar surface area (TPSA) is 80.3 Å². The second kappa shape index (κ2) is 6.75. The standard InChI is InChI=1S/C11H15N3O3S/c1-4-6-12-10(16)14-11-13-7(3)8(18-11)9(15)17-5-2/h4H,1,5-6H2,2-3H3,(H2,12,13,14,16). The van der Waals surface area contributed by atoms with Crippen molar-refractivity contribution < 1.29 is 14.3 Å². The summed E-state index contributed by atoms with van der Waals surface area (Å²) in [5.41, 5.74) is 0.539. The van der Waals surface area contributed by atoms with Crippen molar-refractivity contribution in [3.63, 3.8) is 0 Å². The maximum Gasteiger partial charge on any atom is 0.350 e. The number of nitrogens with one attached hydrogen (secondary N) is 2. The van der Waals surface area contributed by atoms with E-state index in [1.165, 1.54) is 0 Å². The third-order valence-electron chi connectivity index (χ3n) is 1.88. The molecule has 0 aliphatic rings. The van der Waals surface area contributed by atoms with Crippen molar-refractivity contribution in [3.8, 4) is 0 Å². The largest absolute Gasteiger partial charge is 0.462 e. The fourth-order valence-corrected chi connectivity index (χ4v) is 2.00. The Morgan fingerprint density at radius 1 is 1.56 bits per heavy atom. The Morgan fingerprint density at radius 2 is 2.28 bits per heavy atom. The minimum atomic E-state index is -0.424. The van der Waals surface area contributed by atoms with E-state index in [1.54, 1.807) is 19.9 Å². The molecule has 2 amide bonds. The van der Waals surface area contributed by atoms with Crippen LogP contribution < -0.4 is 10.6 Å². The summed E-state index contributed by atoms with van der Waals surface area (Å²) in [7, 11) is 0. The number of aromatic nitrogens is 1. The number of hydrogen-bond acceptors (Lipinski definition) is 5. The van der Waals surface area contributed by atoms with Crippen LogP contribution in [0.25, 0.3) is 0 Å². The van der Waals surface area contributed by atoms with Crippen molar-refractivity contribution in [1.29, 1.82) is 0 Å². The van der Waals surface area contributed by atoms with Gasteiger partial charge in [0, 0.05) is 6.54 Å². The van der Waals surface area contributed by atoms with Gasteiger partial charge in [-0.25, -0.2) is 14.6 Å². The van der Waals surface area contributed by atoms with Gasteiger partial charge in [-0.3, -0.25) is 5.32 Å². The van der Waals surface area contributed by atoms with E-state index >= 15 is 0 Å². The van der Waals surface area contributed by atoms with Gasteiger partial charge in [0.15, 0.2) is 5.13 Å². The molecule has 0 aliphatic carbocycles. The van der Waals surface area contributed by atoms with Crippen LogP contribution in [0.5, 0.6) is 0 Å². The van der Waals surface area contributed by atoms with E-state index in [4.69, 9.17) is 4.74 Å². The number of nitrogens with zero attached hydrogens (tertiary/aromatic N) is 1. The average molecular weight is 269 g/mol. The number of aryl methyl sites for hydroxylation is 1. The van der Waals surface area contributed by atoms with Gasteiger partial charge in [0.05, 0.1) is 12.3 Å². The third-order valence-corrected chi connectivity index (χ3v) is 2.94. The lowest BCUT2D eigenvalue weighted by Crippen LogP contribution is -2.28. The summed E-state index contributed by atoms with van der Waals surface area (Å²) in [6.45, 7) is 7.57. The number of thiazole rings is 1. The molecule has 0 bridgehead atoms. The number of ether oxygens (including phenoxy) is 1. The Bertz CT molecular complexity index is 456.